The molecule has 2 aliphatic heterocycles. The molecule has 7 nitrogen and oxygen atoms in total. The van der Waals surface area contributed by atoms with E-state index in [0.717, 1.165) is 44.5 Å². The van der Waals surface area contributed by atoms with Crippen LogP contribution in [0, 0.1) is 5.82 Å². The number of anilines is 3. The molecule has 1 amide bonds. The van der Waals surface area contributed by atoms with Gasteiger partial charge in [0.1, 0.15) is 0 Å². The maximum atomic E-state index is 14.3. The number of hydrogen-bond donors (Lipinski definition) is 3. The average Bonchev–Trinajstić information content (AvgIpc) is 3.01. The van der Waals surface area contributed by atoms with Crippen molar-refractivity contribution in [1.82, 2.24) is 20.2 Å². The molecule has 3 N–H and O–H groups in total. The van der Waals surface area contributed by atoms with Crippen LogP contribution in [-0.4, -0.2) is 53.0 Å². The van der Waals surface area contributed by atoms with E-state index in [2.05, 4.69) is 44.6 Å². The van der Waals surface area contributed by atoms with Crippen LogP contribution in [0.3, 0.4) is 0 Å². The Kier molecular flexibility index (Phi) is 6.23. The van der Waals surface area contributed by atoms with Crippen LogP contribution < -0.4 is 16.0 Å². The molecule has 2 aliphatic rings. The lowest BCUT2D eigenvalue weighted by atomic mass is 10.0. The summed E-state index contributed by atoms with van der Waals surface area (Å²) < 4.78 is 14.3. The molecule has 30 heavy (non-hydrogen) atoms. The number of carbonyl (C=O) groups excluding carboxylic acids is 1. The highest BCUT2D eigenvalue weighted by Crippen LogP contribution is 2.23. The summed E-state index contributed by atoms with van der Waals surface area (Å²) in [5, 5.41) is 9.73. The summed E-state index contributed by atoms with van der Waals surface area (Å²) in [6.45, 7) is 6.68. The molecule has 3 heterocycles. The predicted molar refractivity (Wildman–Crippen MR) is 115 cm³/mol. The van der Waals surface area contributed by atoms with Crippen molar-refractivity contribution >= 4 is 23.4 Å². The van der Waals surface area contributed by atoms with Gasteiger partial charge in [0.05, 0.1) is 6.20 Å². The molecule has 158 valence electrons. The van der Waals surface area contributed by atoms with Gasteiger partial charge in [-0.25, -0.2) is 9.37 Å². The van der Waals surface area contributed by atoms with Gasteiger partial charge in [0, 0.05) is 24.8 Å². The molecule has 1 atom stereocenters. The number of halogens is 1. The van der Waals surface area contributed by atoms with Gasteiger partial charge in [-0.05, 0) is 68.1 Å². The summed E-state index contributed by atoms with van der Waals surface area (Å²) in [5.74, 6) is -0.143. The van der Waals surface area contributed by atoms with Crippen LogP contribution in [0.4, 0.5) is 21.8 Å². The van der Waals surface area contributed by atoms with Gasteiger partial charge in [-0.1, -0.05) is 12.6 Å². The summed E-state index contributed by atoms with van der Waals surface area (Å²) in [5.41, 5.74) is 3.54. The number of benzene rings is 1. The lowest BCUT2D eigenvalue weighted by molar-refractivity contribution is -0.127. The lowest BCUT2D eigenvalue weighted by Gasteiger charge is -2.32. The lowest BCUT2D eigenvalue weighted by Crippen LogP contribution is -2.44. The first-order valence-corrected chi connectivity index (χ1v) is 10.4. The Morgan fingerprint density at radius 1 is 1.30 bits per heavy atom. The number of amides is 1. The number of carbonyl (C=O) groups is 1. The predicted octanol–water partition coefficient (Wildman–Crippen LogP) is 2.64. The first-order valence-electron chi connectivity index (χ1n) is 10.4. The third-order valence-electron chi connectivity index (χ3n) is 5.60. The van der Waals surface area contributed by atoms with Crippen molar-refractivity contribution < 1.29 is 9.18 Å². The molecule has 1 fully saturated rings. The van der Waals surface area contributed by atoms with Gasteiger partial charge in [-0.15, -0.1) is 0 Å². The van der Waals surface area contributed by atoms with Crippen molar-refractivity contribution in [2.45, 2.75) is 31.7 Å². The molecule has 1 aromatic carbocycles. The number of nitrogens with one attached hydrogen (secondary N) is 3. The molecular weight excluding hydrogens is 383 g/mol. The van der Waals surface area contributed by atoms with E-state index in [9.17, 15) is 9.18 Å². The summed E-state index contributed by atoms with van der Waals surface area (Å²) in [4.78, 5) is 22.0. The monoisotopic (exact) mass is 410 g/mol. The fourth-order valence-electron chi connectivity index (χ4n) is 4.03. The summed E-state index contributed by atoms with van der Waals surface area (Å²) >= 11 is 0. The third kappa shape index (κ3) is 4.76. The van der Waals surface area contributed by atoms with Crippen LogP contribution in [0.25, 0.3) is 0 Å². The summed E-state index contributed by atoms with van der Waals surface area (Å²) in [6.07, 6.45) is 6.16. The topological polar surface area (TPSA) is 82.2 Å². The second-order valence-electron chi connectivity index (χ2n) is 7.72. The van der Waals surface area contributed by atoms with Crippen molar-refractivity contribution in [3.8, 4) is 0 Å². The highest BCUT2D eigenvalue weighted by molar-refractivity contribution is 5.87. The minimum atomic E-state index is -0.513. The molecule has 0 spiro atoms. The van der Waals surface area contributed by atoms with Crippen LogP contribution in [0.15, 0.2) is 37.1 Å². The zero-order chi connectivity index (χ0) is 20.9. The quantitative estimate of drug-likeness (QED) is 0.658. The Hall–Kier alpha value is -3.00. The second-order valence-corrected chi connectivity index (χ2v) is 7.72. The van der Waals surface area contributed by atoms with Gasteiger partial charge >= 0.3 is 0 Å². The average molecular weight is 410 g/mol. The Morgan fingerprint density at radius 2 is 2.13 bits per heavy atom. The van der Waals surface area contributed by atoms with E-state index in [0.29, 0.717) is 19.0 Å². The van der Waals surface area contributed by atoms with Gasteiger partial charge in [-0.2, -0.15) is 4.98 Å². The van der Waals surface area contributed by atoms with E-state index >= 15 is 0 Å². The Labute approximate surface area is 175 Å². The molecular formula is C22H27FN6O. The largest absolute Gasteiger partial charge is 0.363 e. The number of piperidine rings is 1. The highest BCUT2D eigenvalue weighted by Gasteiger charge is 2.23. The number of rotatable bonds is 5. The van der Waals surface area contributed by atoms with Crippen LogP contribution >= 0.6 is 0 Å². The SMILES string of the molecule is C=CC(=O)N1CCC[C@@H](Nc2nc(Nc3ccc4c(c3)CCNCC4)ncc2F)C1. The third-order valence-corrected chi connectivity index (χ3v) is 5.60. The van der Waals surface area contributed by atoms with E-state index in [1.54, 1.807) is 4.90 Å². The van der Waals surface area contributed by atoms with E-state index in [-0.39, 0.29) is 17.8 Å². The maximum Gasteiger partial charge on any atom is 0.246 e. The van der Waals surface area contributed by atoms with E-state index in [4.69, 9.17) is 0 Å². The van der Waals surface area contributed by atoms with Crippen molar-refractivity contribution in [3.05, 3.63) is 54.0 Å². The van der Waals surface area contributed by atoms with E-state index in [1.165, 1.54) is 23.4 Å². The Morgan fingerprint density at radius 3 is 2.97 bits per heavy atom. The smallest absolute Gasteiger partial charge is 0.246 e. The molecule has 0 radical (unpaired) electrons. The van der Waals surface area contributed by atoms with Crippen molar-refractivity contribution in [2.24, 2.45) is 0 Å². The first kappa shape index (κ1) is 20.3. The normalized spacial score (nSPS) is 18.8. The van der Waals surface area contributed by atoms with Crippen LogP contribution in [-0.2, 0) is 17.6 Å². The van der Waals surface area contributed by atoms with Gasteiger partial charge in [0.2, 0.25) is 11.9 Å². The van der Waals surface area contributed by atoms with Gasteiger partial charge < -0.3 is 20.9 Å². The van der Waals surface area contributed by atoms with Crippen LogP contribution in [0.5, 0.6) is 0 Å². The standard InChI is InChI=1S/C22H27FN6O/c1-2-20(30)29-11-3-4-18(14-29)26-21-19(23)13-25-22(28-21)27-17-6-5-15-7-9-24-10-8-16(15)12-17/h2,5-6,12-13,18,24H,1,3-4,7-11,14H2,(H2,25,26,27,28)/t18-/m1/s1. The minimum Gasteiger partial charge on any atom is -0.363 e. The number of aromatic nitrogens is 2. The second kappa shape index (κ2) is 9.21. The zero-order valence-corrected chi connectivity index (χ0v) is 17.0. The minimum absolute atomic E-state index is 0.0695. The van der Waals surface area contributed by atoms with Gasteiger partial charge in [0.25, 0.3) is 0 Å². The molecule has 0 aliphatic carbocycles. The van der Waals surface area contributed by atoms with E-state index < -0.39 is 5.82 Å². The number of nitrogens with zero attached hydrogens (tertiary/aromatic N) is 3. The fourth-order valence-corrected chi connectivity index (χ4v) is 4.03. The summed E-state index contributed by atoms with van der Waals surface area (Å²) in [6, 6.07) is 6.17. The van der Waals surface area contributed by atoms with Crippen LogP contribution in [0.1, 0.15) is 24.0 Å². The number of hydrogen-bond acceptors (Lipinski definition) is 6. The van der Waals surface area contributed by atoms with Crippen LogP contribution in [0.2, 0.25) is 0 Å². The molecule has 2 aromatic rings. The van der Waals surface area contributed by atoms with E-state index in [1.807, 2.05) is 6.07 Å². The zero-order valence-electron chi connectivity index (χ0n) is 17.0. The fraction of sp³-hybridized carbons (Fsp3) is 0.409. The van der Waals surface area contributed by atoms with Crippen molar-refractivity contribution in [2.75, 3.05) is 36.8 Å². The molecule has 0 bridgehead atoms. The summed E-state index contributed by atoms with van der Waals surface area (Å²) in [7, 11) is 0. The van der Waals surface area contributed by atoms with Gasteiger partial charge in [0.15, 0.2) is 11.6 Å². The molecule has 0 saturated carbocycles. The maximum absolute atomic E-state index is 14.3. The van der Waals surface area contributed by atoms with Crippen molar-refractivity contribution in [3.63, 3.8) is 0 Å². The Bertz CT molecular complexity index is 934. The molecule has 1 aromatic heterocycles. The Balaban J connectivity index is 1.46. The molecule has 1 saturated heterocycles. The number of fused-ring (bicyclic) bond motifs is 1. The highest BCUT2D eigenvalue weighted by atomic mass is 19.1. The first-order chi connectivity index (χ1) is 14.6. The number of likely N-dealkylation sites (tertiary alicyclic amines) is 1. The molecule has 4 rings (SSSR count). The molecule has 8 heteroatoms. The molecule has 0 unspecified atom stereocenters. The van der Waals surface area contributed by atoms with Gasteiger partial charge in [-0.3, -0.25) is 4.79 Å². The van der Waals surface area contributed by atoms with Crippen molar-refractivity contribution in [1.29, 1.82) is 0 Å².